The fourth-order valence-electron chi connectivity index (χ4n) is 9.40. The Morgan fingerprint density at radius 1 is 0.279 bits per heavy atom. The van der Waals surface area contributed by atoms with Gasteiger partial charge in [-0.3, -0.25) is 4.57 Å². The van der Waals surface area contributed by atoms with E-state index in [-0.39, 0.29) is 0 Å². The maximum atomic E-state index is 5.22. The summed E-state index contributed by atoms with van der Waals surface area (Å²) >= 11 is 0. The SMILES string of the molecule is c1ccc(-c2nc3cc(-c4ccc(-c5ccc6c(-c7ccc8ccccc8c7)c7ccccc7c(-c7ccc8ccccc8c7)c6c5)cc4)ccc3n2-c2ccccc2)cc1. The number of aromatic nitrogens is 2. The van der Waals surface area contributed by atoms with Crippen LogP contribution < -0.4 is 0 Å². The Labute approximate surface area is 354 Å². The van der Waals surface area contributed by atoms with Gasteiger partial charge in [0.1, 0.15) is 5.82 Å². The highest BCUT2D eigenvalue weighted by Gasteiger charge is 2.19. The van der Waals surface area contributed by atoms with Crippen LogP contribution in [-0.2, 0) is 0 Å². The summed E-state index contributed by atoms with van der Waals surface area (Å²) in [6.07, 6.45) is 0. The summed E-state index contributed by atoms with van der Waals surface area (Å²) in [5, 5.41) is 9.97. The second kappa shape index (κ2) is 14.3. The van der Waals surface area contributed by atoms with Crippen molar-refractivity contribution in [3.63, 3.8) is 0 Å². The highest BCUT2D eigenvalue weighted by molar-refractivity contribution is 6.22. The minimum atomic E-state index is 0.935. The number of nitrogens with zero attached hydrogens (tertiary/aromatic N) is 2. The highest BCUT2D eigenvalue weighted by atomic mass is 15.1. The van der Waals surface area contributed by atoms with Crippen molar-refractivity contribution >= 4 is 54.1 Å². The summed E-state index contributed by atoms with van der Waals surface area (Å²) in [6, 6.07) is 83.7. The molecular formula is C59H38N2. The fraction of sp³-hybridized carbons (Fsp3) is 0. The lowest BCUT2D eigenvalue weighted by Crippen LogP contribution is -1.97. The van der Waals surface area contributed by atoms with E-state index in [9.17, 15) is 0 Å². The van der Waals surface area contributed by atoms with Crippen molar-refractivity contribution in [2.24, 2.45) is 0 Å². The predicted octanol–water partition coefficient (Wildman–Crippen LogP) is 16.0. The molecule has 2 heteroatoms. The van der Waals surface area contributed by atoms with Crippen molar-refractivity contribution in [3.05, 3.63) is 231 Å². The van der Waals surface area contributed by atoms with Crippen LogP contribution in [0.25, 0.3) is 116 Å². The highest BCUT2D eigenvalue weighted by Crippen LogP contribution is 2.46. The van der Waals surface area contributed by atoms with Gasteiger partial charge in [-0.05, 0) is 130 Å². The molecule has 0 saturated heterocycles. The summed E-state index contributed by atoms with van der Waals surface area (Å²) in [7, 11) is 0. The van der Waals surface area contributed by atoms with Crippen LogP contribution in [0.3, 0.4) is 0 Å². The molecule has 0 saturated carbocycles. The molecule has 0 aliphatic heterocycles. The van der Waals surface area contributed by atoms with Crippen molar-refractivity contribution in [2.45, 2.75) is 0 Å². The van der Waals surface area contributed by atoms with Gasteiger partial charge >= 0.3 is 0 Å². The van der Waals surface area contributed by atoms with Gasteiger partial charge in [-0.15, -0.1) is 0 Å². The van der Waals surface area contributed by atoms with Gasteiger partial charge in [-0.2, -0.15) is 0 Å². The number of fused-ring (bicyclic) bond motifs is 5. The van der Waals surface area contributed by atoms with Crippen LogP contribution in [0.5, 0.6) is 0 Å². The van der Waals surface area contributed by atoms with Crippen molar-refractivity contribution in [2.75, 3.05) is 0 Å². The topological polar surface area (TPSA) is 17.8 Å². The number of hydrogen-bond donors (Lipinski definition) is 0. The van der Waals surface area contributed by atoms with Crippen LogP contribution in [0.2, 0.25) is 0 Å². The summed E-state index contributed by atoms with van der Waals surface area (Å²) in [5.41, 5.74) is 13.9. The van der Waals surface area contributed by atoms with Gasteiger partial charge in [0.25, 0.3) is 0 Å². The largest absolute Gasteiger partial charge is 0.292 e. The predicted molar refractivity (Wildman–Crippen MR) is 258 cm³/mol. The van der Waals surface area contributed by atoms with Crippen LogP contribution in [0.1, 0.15) is 0 Å². The Hall–Kier alpha value is -8.07. The Morgan fingerprint density at radius 2 is 0.738 bits per heavy atom. The molecule has 0 spiro atoms. The first-order chi connectivity index (χ1) is 30.2. The molecular weight excluding hydrogens is 737 g/mol. The van der Waals surface area contributed by atoms with E-state index in [1.54, 1.807) is 0 Å². The van der Waals surface area contributed by atoms with Crippen molar-refractivity contribution in [1.29, 1.82) is 0 Å². The molecule has 0 radical (unpaired) electrons. The standard InChI is InChI=1S/C59H38N2/c1-3-15-43(16-4-1)59-60-55-38-47(32-34-56(55)61(59)50-19-5-2-6-20-50)42-25-23-41(24-26-42)46-31-33-53-54(37-46)58(49-30-28-40-14-8-10-18-45(40)36-49)52-22-12-11-21-51(52)57(53)48-29-27-39-13-7-9-17-44(39)35-48/h1-38H. The first-order valence-electron chi connectivity index (χ1n) is 20.9. The van der Waals surface area contributed by atoms with Gasteiger partial charge in [-0.25, -0.2) is 4.98 Å². The van der Waals surface area contributed by atoms with Crippen molar-refractivity contribution < 1.29 is 0 Å². The Bertz CT molecular complexity index is 3620. The molecule has 284 valence electrons. The van der Waals surface area contributed by atoms with Gasteiger partial charge in [0.15, 0.2) is 0 Å². The van der Waals surface area contributed by atoms with E-state index in [4.69, 9.17) is 4.98 Å². The average Bonchev–Trinajstić information content (AvgIpc) is 3.72. The van der Waals surface area contributed by atoms with E-state index in [0.29, 0.717) is 0 Å². The van der Waals surface area contributed by atoms with Gasteiger partial charge in [0.05, 0.1) is 11.0 Å². The number of imidazole rings is 1. The summed E-state index contributed by atoms with van der Waals surface area (Å²) < 4.78 is 2.26. The van der Waals surface area contributed by atoms with Crippen LogP contribution in [0.4, 0.5) is 0 Å². The molecule has 0 bridgehead atoms. The third-order valence-electron chi connectivity index (χ3n) is 12.4. The average molecular weight is 775 g/mol. The third-order valence-corrected chi connectivity index (χ3v) is 12.4. The zero-order valence-electron chi connectivity index (χ0n) is 33.3. The molecule has 0 fully saturated rings. The molecule has 0 aliphatic carbocycles. The monoisotopic (exact) mass is 774 g/mol. The van der Waals surface area contributed by atoms with E-state index in [1.807, 2.05) is 6.07 Å². The molecule has 2 nitrogen and oxygen atoms in total. The lowest BCUT2D eigenvalue weighted by atomic mass is 9.84. The lowest BCUT2D eigenvalue weighted by molar-refractivity contribution is 1.10. The van der Waals surface area contributed by atoms with E-state index >= 15 is 0 Å². The maximum absolute atomic E-state index is 5.22. The fourth-order valence-corrected chi connectivity index (χ4v) is 9.40. The summed E-state index contributed by atoms with van der Waals surface area (Å²) in [5.74, 6) is 0.935. The Kier molecular flexibility index (Phi) is 8.21. The summed E-state index contributed by atoms with van der Waals surface area (Å²) in [6.45, 7) is 0. The molecule has 0 amide bonds. The first-order valence-corrected chi connectivity index (χ1v) is 20.9. The molecule has 61 heavy (non-hydrogen) atoms. The van der Waals surface area contributed by atoms with Gasteiger partial charge in [0.2, 0.25) is 0 Å². The molecule has 11 aromatic carbocycles. The van der Waals surface area contributed by atoms with E-state index in [2.05, 4.69) is 229 Å². The Balaban J connectivity index is 1.00. The maximum Gasteiger partial charge on any atom is 0.145 e. The summed E-state index contributed by atoms with van der Waals surface area (Å²) in [4.78, 5) is 5.22. The van der Waals surface area contributed by atoms with Gasteiger partial charge in [0, 0.05) is 11.3 Å². The number of para-hydroxylation sites is 1. The molecule has 0 unspecified atom stereocenters. The van der Waals surface area contributed by atoms with Crippen LogP contribution >= 0.6 is 0 Å². The van der Waals surface area contributed by atoms with Crippen molar-refractivity contribution in [3.8, 4) is 61.6 Å². The molecule has 12 aromatic rings. The van der Waals surface area contributed by atoms with Crippen LogP contribution in [0.15, 0.2) is 231 Å². The molecule has 1 heterocycles. The minimum Gasteiger partial charge on any atom is -0.292 e. The quantitative estimate of drug-likeness (QED) is 0.154. The number of hydrogen-bond acceptors (Lipinski definition) is 1. The molecule has 1 aromatic heterocycles. The zero-order valence-corrected chi connectivity index (χ0v) is 33.3. The Morgan fingerprint density at radius 3 is 1.36 bits per heavy atom. The molecule has 0 aliphatic rings. The van der Waals surface area contributed by atoms with Crippen LogP contribution in [-0.4, -0.2) is 9.55 Å². The van der Waals surface area contributed by atoms with Crippen LogP contribution in [0, 0.1) is 0 Å². The third kappa shape index (κ3) is 6.00. The second-order valence-electron chi connectivity index (χ2n) is 15.9. The number of benzene rings is 11. The smallest absolute Gasteiger partial charge is 0.145 e. The molecule has 12 rings (SSSR count). The molecule has 0 N–H and O–H groups in total. The van der Waals surface area contributed by atoms with E-state index in [1.165, 1.54) is 76.5 Å². The normalized spacial score (nSPS) is 11.6. The minimum absolute atomic E-state index is 0.935. The zero-order chi connectivity index (χ0) is 40.3. The first kappa shape index (κ1) is 34.9. The number of rotatable bonds is 6. The van der Waals surface area contributed by atoms with E-state index < -0.39 is 0 Å². The van der Waals surface area contributed by atoms with Gasteiger partial charge in [-0.1, -0.05) is 188 Å². The van der Waals surface area contributed by atoms with Gasteiger partial charge < -0.3 is 0 Å². The van der Waals surface area contributed by atoms with E-state index in [0.717, 1.165) is 39.2 Å². The lowest BCUT2D eigenvalue weighted by Gasteiger charge is -2.19. The second-order valence-corrected chi connectivity index (χ2v) is 15.9. The van der Waals surface area contributed by atoms with Crippen molar-refractivity contribution in [1.82, 2.24) is 9.55 Å². The molecule has 0 atom stereocenters.